The molecule has 11 nitrogen and oxygen atoms in total. The normalized spacial score (nSPS) is 13.0. The van der Waals surface area contributed by atoms with Crippen molar-refractivity contribution >= 4 is 35.6 Å². The Hall–Kier alpha value is -5.03. The third-order valence-electron chi connectivity index (χ3n) is 5.97. The van der Waals surface area contributed by atoms with Crippen molar-refractivity contribution in [3.8, 4) is 11.5 Å². The largest absolute Gasteiger partial charge is 0.493 e. The molecule has 0 aromatic heterocycles. The fraction of sp³-hybridized carbons (Fsp3) is 0.207. The molecule has 1 heterocycles. The van der Waals surface area contributed by atoms with Crippen LogP contribution in [0.5, 0.6) is 11.5 Å². The van der Waals surface area contributed by atoms with E-state index >= 15 is 0 Å². The molecule has 3 aromatic rings. The summed E-state index contributed by atoms with van der Waals surface area (Å²) >= 11 is 0. The molecule has 1 aliphatic heterocycles. The molecule has 1 aliphatic rings. The quantitative estimate of drug-likeness (QED) is 0.154. The molecule has 0 unspecified atom stereocenters. The monoisotopic (exact) mass is 544 g/mol. The predicted octanol–water partition coefficient (Wildman–Crippen LogP) is 2.78. The van der Waals surface area contributed by atoms with Crippen LogP contribution in [0.25, 0.3) is 0 Å². The number of hydrazone groups is 1. The highest BCUT2D eigenvalue weighted by molar-refractivity contribution is 6.40. The van der Waals surface area contributed by atoms with Crippen LogP contribution in [0, 0.1) is 6.92 Å². The van der Waals surface area contributed by atoms with Crippen molar-refractivity contribution in [2.75, 3.05) is 38.7 Å². The maximum atomic E-state index is 12.9. The third kappa shape index (κ3) is 7.08. The van der Waals surface area contributed by atoms with E-state index in [1.807, 2.05) is 19.1 Å². The Morgan fingerprint density at radius 2 is 1.65 bits per heavy atom. The van der Waals surface area contributed by atoms with Crippen molar-refractivity contribution in [1.82, 2.24) is 10.3 Å². The van der Waals surface area contributed by atoms with Crippen LogP contribution >= 0.6 is 0 Å². The third-order valence-corrected chi connectivity index (χ3v) is 5.97. The zero-order chi connectivity index (χ0) is 28.5. The van der Waals surface area contributed by atoms with Gasteiger partial charge in [0.2, 0.25) is 0 Å². The van der Waals surface area contributed by atoms with E-state index in [2.05, 4.69) is 15.8 Å². The first-order valence-corrected chi connectivity index (χ1v) is 12.4. The summed E-state index contributed by atoms with van der Waals surface area (Å²) in [5.41, 5.74) is 4.56. The maximum absolute atomic E-state index is 12.9. The predicted molar refractivity (Wildman–Crippen MR) is 147 cm³/mol. The van der Waals surface area contributed by atoms with Crippen molar-refractivity contribution in [2.45, 2.75) is 6.92 Å². The van der Waals surface area contributed by atoms with Gasteiger partial charge in [0, 0.05) is 13.1 Å². The summed E-state index contributed by atoms with van der Waals surface area (Å²) in [6.07, 6.45) is 1.30. The molecule has 40 heavy (non-hydrogen) atoms. The number of benzene rings is 3. The number of morpholine rings is 1. The summed E-state index contributed by atoms with van der Waals surface area (Å²) < 4.78 is 16.0. The molecule has 206 valence electrons. The van der Waals surface area contributed by atoms with Gasteiger partial charge in [0.1, 0.15) is 0 Å². The number of esters is 1. The topological polar surface area (TPSA) is 136 Å². The van der Waals surface area contributed by atoms with Crippen LogP contribution < -0.4 is 20.2 Å². The molecule has 0 spiro atoms. The van der Waals surface area contributed by atoms with Gasteiger partial charge in [-0.2, -0.15) is 5.10 Å². The SMILES string of the molecule is COc1cc(/C=N\NC(=O)C(=O)Nc2ccccc2C(=O)N2CCOCC2)ccc1OC(=O)c1ccc(C)cc1. The average molecular weight is 545 g/mol. The molecule has 11 heteroatoms. The lowest BCUT2D eigenvalue weighted by molar-refractivity contribution is -0.136. The number of carbonyl (C=O) groups excluding carboxylic acids is 4. The smallest absolute Gasteiger partial charge is 0.343 e. The molecular formula is C29H28N4O7. The van der Waals surface area contributed by atoms with E-state index in [1.165, 1.54) is 19.4 Å². The molecule has 3 amide bonds. The van der Waals surface area contributed by atoms with Gasteiger partial charge in [-0.1, -0.05) is 29.8 Å². The summed E-state index contributed by atoms with van der Waals surface area (Å²) in [5.74, 6) is -2.34. The number of hydrogen-bond donors (Lipinski definition) is 2. The van der Waals surface area contributed by atoms with Gasteiger partial charge in [-0.25, -0.2) is 10.2 Å². The van der Waals surface area contributed by atoms with E-state index in [0.29, 0.717) is 37.4 Å². The Balaban J connectivity index is 1.35. The van der Waals surface area contributed by atoms with E-state index in [-0.39, 0.29) is 28.7 Å². The van der Waals surface area contributed by atoms with E-state index in [1.54, 1.807) is 53.4 Å². The summed E-state index contributed by atoms with van der Waals surface area (Å²) in [7, 11) is 1.42. The van der Waals surface area contributed by atoms with Crippen LogP contribution in [-0.2, 0) is 14.3 Å². The van der Waals surface area contributed by atoms with Crippen LogP contribution in [0.3, 0.4) is 0 Å². The first-order valence-electron chi connectivity index (χ1n) is 12.4. The number of anilines is 1. The second kappa shape index (κ2) is 13.2. The lowest BCUT2D eigenvalue weighted by atomic mass is 10.1. The standard InChI is InChI=1S/C29H28N4O7/c1-19-7-10-21(11-8-19)29(37)40-24-12-9-20(17-25(24)38-2)18-30-32-27(35)26(34)31-23-6-4-3-5-22(23)28(36)33-13-15-39-16-14-33/h3-12,17-18H,13-16H2,1-2H3,(H,31,34)(H,32,35)/b30-18-. The maximum Gasteiger partial charge on any atom is 0.343 e. The minimum atomic E-state index is -1.03. The Morgan fingerprint density at radius 3 is 2.38 bits per heavy atom. The van der Waals surface area contributed by atoms with Crippen molar-refractivity contribution in [3.63, 3.8) is 0 Å². The average Bonchev–Trinajstić information content (AvgIpc) is 2.98. The van der Waals surface area contributed by atoms with Gasteiger partial charge in [-0.3, -0.25) is 14.4 Å². The molecule has 0 saturated carbocycles. The molecule has 2 N–H and O–H groups in total. The van der Waals surface area contributed by atoms with Crippen molar-refractivity contribution in [1.29, 1.82) is 0 Å². The minimum Gasteiger partial charge on any atom is -0.493 e. The lowest BCUT2D eigenvalue weighted by Crippen LogP contribution is -2.41. The van der Waals surface area contributed by atoms with Crippen LogP contribution in [0.1, 0.15) is 31.8 Å². The summed E-state index contributed by atoms with van der Waals surface area (Å²) in [6, 6.07) is 18.1. The molecule has 1 fully saturated rings. The van der Waals surface area contributed by atoms with Gasteiger partial charge < -0.3 is 24.4 Å². The Labute approximate surface area is 230 Å². The number of nitrogens with one attached hydrogen (secondary N) is 2. The zero-order valence-electron chi connectivity index (χ0n) is 22.0. The van der Waals surface area contributed by atoms with Gasteiger partial charge >= 0.3 is 17.8 Å². The second-order valence-electron chi connectivity index (χ2n) is 8.77. The molecular weight excluding hydrogens is 516 g/mol. The zero-order valence-corrected chi connectivity index (χ0v) is 22.0. The second-order valence-corrected chi connectivity index (χ2v) is 8.77. The van der Waals surface area contributed by atoms with Gasteiger partial charge in [0.15, 0.2) is 11.5 Å². The van der Waals surface area contributed by atoms with Gasteiger partial charge in [0.25, 0.3) is 5.91 Å². The Kier molecular flexibility index (Phi) is 9.21. The van der Waals surface area contributed by atoms with Crippen molar-refractivity contribution < 1.29 is 33.4 Å². The number of nitrogens with zero attached hydrogens (tertiary/aromatic N) is 2. The van der Waals surface area contributed by atoms with Crippen LogP contribution in [0.4, 0.5) is 5.69 Å². The summed E-state index contributed by atoms with van der Waals surface area (Å²) in [4.78, 5) is 51.8. The Morgan fingerprint density at radius 1 is 0.925 bits per heavy atom. The van der Waals surface area contributed by atoms with E-state index in [4.69, 9.17) is 14.2 Å². The number of methoxy groups -OCH3 is 1. The first-order chi connectivity index (χ1) is 19.4. The molecule has 0 bridgehead atoms. The molecule has 0 atom stereocenters. The number of hydrogen-bond acceptors (Lipinski definition) is 8. The van der Waals surface area contributed by atoms with Crippen molar-refractivity contribution in [2.24, 2.45) is 5.10 Å². The van der Waals surface area contributed by atoms with E-state index in [9.17, 15) is 19.2 Å². The Bertz CT molecular complexity index is 1430. The molecule has 3 aromatic carbocycles. The summed E-state index contributed by atoms with van der Waals surface area (Å²) in [5, 5.41) is 6.29. The highest BCUT2D eigenvalue weighted by Gasteiger charge is 2.23. The van der Waals surface area contributed by atoms with E-state index < -0.39 is 17.8 Å². The number of rotatable bonds is 7. The number of amides is 3. The van der Waals surface area contributed by atoms with Gasteiger partial charge in [-0.05, 0) is 55.0 Å². The highest BCUT2D eigenvalue weighted by Crippen LogP contribution is 2.28. The van der Waals surface area contributed by atoms with Gasteiger partial charge in [0.05, 0.1) is 43.4 Å². The van der Waals surface area contributed by atoms with Crippen LogP contribution in [-0.4, -0.2) is 68.2 Å². The fourth-order valence-electron chi connectivity index (χ4n) is 3.81. The molecule has 0 aliphatic carbocycles. The molecule has 1 saturated heterocycles. The minimum absolute atomic E-state index is 0.207. The lowest BCUT2D eigenvalue weighted by Gasteiger charge is -2.27. The highest BCUT2D eigenvalue weighted by atomic mass is 16.6. The van der Waals surface area contributed by atoms with Crippen LogP contribution in [0.2, 0.25) is 0 Å². The number of para-hydroxylation sites is 1. The van der Waals surface area contributed by atoms with Crippen LogP contribution in [0.15, 0.2) is 71.8 Å². The number of carbonyl (C=O) groups is 4. The number of aryl methyl sites for hydroxylation is 1. The fourth-order valence-corrected chi connectivity index (χ4v) is 3.81. The van der Waals surface area contributed by atoms with Crippen molar-refractivity contribution in [3.05, 3.63) is 89.0 Å². The first kappa shape index (κ1) is 28.0. The molecule has 0 radical (unpaired) electrons. The van der Waals surface area contributed by atoms with E-state index in [0.717, 1.165) is 5.56 Å². The summed E-state index contributed by atoms with van der Waals surface area (Å²) in [6.45, 7) is 3.68. The van der Waals surface area contributed by atoms with Gasteiger partial charge in [-0.15, -0.1) is 0 Å². The molecule has 4 rings (SSSR count). The number of ether oxygens (including phenoxy) is 3.